The number of thioether (sulfide) groups is 1. The Labute approximate surface area is 118 Å². The van der Waals surface area contributed by atoms with Crippen LogP contribution in [0.15, 0.2) is 24.7 Å². The van der Waals surface area contributed by atoms with Crippen LogP contribution in [0.4, 0.5) is 0 Å². The number of carboxylic acid groups (broad SMARTS) is 1. The molecule has 1 saturated heterocycles. The Balaban J connectivity index is 1.86. The van der Waals surface area contributed by atoms with Crippen LogP contribution in [-0.2, 0) is 4.79 Å². The van der Waals surface area contributed by atoms with E-state index in [0.29, 0.717) is 23.4 Å². The summed E-state index contributed by atoms with van der Waals surface area (Å²) in [6.45, 7) is 0. The van der Waals surface area contributed by atoms with Crippen molar-refractivity contribution < 1.29 is 14.7 Å². The number of rotatable bonds is 3. The van der Waals surface area contributed by atoms with Crippen LogP contribution in [0.3, 0.4) is 0 Å². The molecule has 0 aromatic carbocycles. The van der Waals surface area contributed by atoms with Crippen molar-refractivity contribution in [2.75, 3.05) is 11.5 Å². The van der Waals surface area contributed by atoms with Crippen LogP contribution in [0, 0.1) is 0 Å². The maximum Gasteiger partial charge on any atom is 0.330 e. The van der Waals surface area contributed by atoms with Gasteiger partial charge in [0.15, 0.2) is 5.65 Å². The zero-order valence-corrected chi connectivity index (χ0v) is 11.3. The Bertz CT molecular complexity index is 678. The van der Waals surface area contributed by atoms with Crippen molar-refractivity contribution in [2.45, 2.75) is 12.0 Å². The molecule has 8 heteroatoms. The van der Waals surface area contributed by atoms with Gasteiger partial charge < -0.3 is 10.4 Å². The molecule has 0 saturated carbocycles. The summed E-state index contributed by atoms with van der Waals surface area (Å²) in [4.78, 5) is 23.6. The van der Waals surface area contributed by atoms with Gasteiger partial charge in [0.25, 0.3) is 5.91 Å². The fourth-order valence-corrected chi connectivity index (χ4v) is 3.46. The van der Waals surface area contributed by atoms with Gasteiger partial charge in [-0.25, -0.2) is 4.79 Å². The molecule has 1 aliphatic heterocycles. The van der Waals surface area contributed by atoms with E-state index in [1.807, 2.05) is 0 Å². The molecule has 1 unspecified atom stereocenters. The summed E-state index contributed by atoms with van der Waals surface area (Å²) < 4.78 is 1.62. The molecule has 2 aromatic rings. The summed E-state index contributed by atoms with van der Waals surface area (Å²) in [5.74, 6) is -0.258. The van der Waals surface area contributed by atoms with Gasteiger partial charge in [-0.1, -0.05) is 0 Å². The predicted octanol–water partition coefficient (Wildman–Crippen LogP) is 0.419. The molecule has 104 valence electrons. The lowest BCUT2D eigenvalue weighted by Crippen LogP contribution is -2.54. The van der Waals surface area contributed by atoms with Gasteiger partial charge in [0.05, 0.1) is 5.56 Å². The average molecular weight is 292 g/mol. The van der Waals surface area contributed by atoms with Gasteiger partial charge in [-0.3, -0.25) is 9.20 Å². The van der Waals surface area contributed by atoms with Crippen molar-refractivity contribution >= 4 is 29.3 Å². The molecule has 3 rings (SSSR count). The van der Waals surface area contributed by atoms with E-state index in [0.717, 1.165) is 5.75 Å². The second kappa shape index (κ2) is 4.78. The molecule has 2 aromatic heterocycles. The van der Waals surface area contributed by atoms with Gasteiger partial charge in [-0.05, 0) is 24.3 Å². The van der Waals surface area contributed by atoms with Crippen molar-refractivity contribution in [1.29, 1.82) is 0 Å². The van der Waals surface area contributed by atoms with Crippen LogP contribution in [0.25, 0.3) is 5.65 Å². The second-order valence-electron chi connectivity index (χ2n) is 4.66. The van der Waals surface area contributed by atoms with Gasteiger partial charge in [0.2, 0.25) is 0 Å². The Morgan fingerprint density at radius 2 is 2.30 bits per heavy atom. The molecular formula is C12H12N4O3S. The summed E-state index contributed by atoms with van der Waals surface area (Å²) >= 11 is 1.53. The lowest BCUT2D eigenvalue weighted by molar-refractivity contribution is -0.143. The number of carbonyl (C=O) groups excluding carboxylic acids is 1. The van der Waals surface area contributed by atoms with Crippen LogP contribution in [0.1, 0.15) is 16.8 Å². The van der Waals surface area contributed by atoms with Crippen molar-refractivity contribution in [2.24, 2.45) is 0 Å². The lowest BCUT2D eigenvalue weighted by Gasteiger charge is -2.24. The largest absolute Gasteiger partial charge is 0.479 e. The zero-order chi connectivity index (χ0) is 14.2. The highest BCUT2D eigenvalue weighted by molar-refractivity contribution is 7.99. The minimum absolute atomic E-state index is 0.384. The molecule has 0 radical (unpaired) electrons. The molecule has 0 aliphatic carbocycles. The fourth-order valence-electron chi connectivity index (χ4n) is 2.14. The van der Waals surface area contributed by atoms with E-state index in [2.05, 4.69) is 15.5 Å². The molecule has 1 amide bonds. The standard InChI is InChI=1S/C12H12N4O3S/c17-10(14-12(11(18)19)3-4-20-6-12)8-1-2-9-15-13-7-16(9)5-8/h1-2,5,7H,3-4,6H2,(H,14,17)(H,18,19). The van der Waals surface area contributed by atoms with Gasteiger partial charge in [-0.2, -0.15) is 11.8 Å². The first kappa shape index (κ1) is 12.9. The number of hydrogen-bond donors (Lipinski definition) is 2. The molecule has 1 fully saturated rings. The normalized spacial score (nSPS) is 22.0. The number of nitrogens with zero attached hydrogens (tertiary/aromatic N) is 3. The molecule has 1 aliphatic rings. The number of carbonyl (C=O) groups is 2. The average Bonchev–Trinajstić information content (AvgIpc) is 3.06. The maximum absolute atomic E-state index is 12.2. The first-order valence-electron chi connectivity index (χ1n) is 6.04. The summed E-state index contributed by atoms with van der Waals surface area (Å²) in [6, 6.07) is 3.27. The van der Waals surface area contributed by atoms with E-state index in [1.54, 1.807) is 22.7 Å². The van der Waals surface area contributed by atoms with Gasteiger partial charge in [0.1, 0.15) is 11.9 Å². The fraction of sp³-hybridized carbons (Fsp3) is 0.333. The first-order valence-corrected chi connectivity index (χ1v) is 7.19. The highest BCUT2D eigenvalue weighted by Crippen LogP contribution is 2.28. The van der Waals surface area contributed by atoms with Gasteiger partial charge in [-0.15, -0.1) is 10.2 Å². The van der Waals surface area contributed by atoms with E-state index in [9.17, 15) is 14.7 Å². The Kier molecular flexibility index (Phi) is 3.09. The second-order valence-corrected chi connectivity index (χ2v) is 5.76. The minimum atomic E-state index is -1.16. The van der Waals surface area contributed by atoms with E-state index in [4.69, 9.17) is 0 Å². The van der Waals surface area contributed by atoms with Gasteiger partial charge in [0, 0.05) is 11.9 Å². The summed E-state index contributed by atoms with van der Waals surface area (Å²) in [5.41, 5.74) is -0.148. The predicted molar refractivity (Wildman–Crippen MR) is 72.8 cm³/mol. The summed E-state index contributed by atoms with van der Waals surface area (Å²) in [5, 5.41) is 19.6. The third kappa shape index (κ3) is 2.11. The number of pyridine rings is 1. The van der Waals surface area contributed by atoms with Crippen LogP contribution >= 0.6 is 11.8 Å². The lowest BCUT2D eigenvalue weighted by atomic mass is 9.98. The molecule has 3 heterocycles. The SMILES string of the molecule is O=C(NC1(C(=O)O)CCSC1)c1ccc2nncn2c1. The van der Waals surface area contributed by atoms with E-state index in [-0.39, 0.29) is 0 Å². The molecule has 0 bridgehead atoms. The summed E-state index contributed by atoms with van der Waals surface area (Å²) in [6.07, 6.45) is 3.51. The number of aromatic nitrogens is 3. The number of fused-ring (bicyclic) bond motifs is 1. The van der Waals surface area contributed by atoms with Crippen molar-refractivity contribution in [3.63, 3.8) is 0 Å². The Morgan fingerprint density at radius 1 is 1.45 bits per heavy atom. The molecule has 7 nitrogen and oxygen atoms in total. The van der Waals surface area contributed by atoms with Crippen molar-refractivity contribution in [3.05, 3.63) is 30.2 Å². The highest BCUT2D eigenvalue weighted by Gasteiger charge is 2.43. The van der Waals surface area contributed by atoms with Crippen molar-refractivity contribution in [3.8, 4) is 0 Å². The molecular weight excluding hydrogens is 280 g/mol. The molecule has 0 spiro atoms. The number of aliphatic carboxylic acids is 1. The van der Waals surface area contributed by atoms with Crippen LogP contribution < -0.4 is 5.32 Å². The third-order valence-corrected chi connectivity index (χ3v) is 4.53. The number of amides is 1. The summed E-state index contributed by atoms with van der Waals surface area (Å²) in [7, 11) is 0. The Hall–Kier alpha value is -2.09. The third-order valence-electron chi connectivity index (χ3n) is 3.34. The monoisotopic (exact) mass is 292 g/mol. The van der Waals surface area contributed by atoms with Crippen molar-refractivity contribution in [1.82, 2.24) is 19.9 Å². The topological polar surface area (TPSA) is 96.6 Å². The van der Waals surface area contributed by atoms with Gasteiger partial charge >= 0.3 is 5.97 Å². The minimum Gasteiger partial charge on any atom is -0.479 e. The maximum atomic E-state index is 12.2. The Morgan fingerprint density at radius 3 is 3.00 bits per heavy atom. The van der Waals surface area contributed by atoms with E-state index in [1.165, 1.54) is 18.1 Å². The highest BCUT2D eigenvalue weighted by atomic mass is 32.2. The number of hydrogen-bond acceptors (Lipinski definition) is 5. The number of carboxylic acids is 1. The zero-order valence-electron chi connectivity index (χ0n) is 10.4. The van der Waals surface area contributed by atoms with E-state index >= 15 is 0 Å². The smallest absolute Gasteiger partial charge is 0.330 e. The molecule has 1 atom stereocenters. The first-order chi connectivity index (χ1) is 9.61. The molecule has 2 N–H and O–H groups in total. The van der Waals surface area contributed by atoms with Crippen LogP contribution in [0.2, 0.25) is 0 Å². The molecule has 20 heavy (non-hydrogen) atoms. The van der Waals surface area contributed by atoms with E-state index < -0.39 is 17.4 Å². The number of nitrogens with one attached hydrogen (secondary N) is 1. The quantitative estimate of drug-likeness (QED) is 0.851. The van der Waals surface area contributed by atoms with Crippen LogP contribution in [0.5, 0.6) is 0 Å². The van der Waals surface area contributed by atoms with Crippen LogP contribution in [-0.4, -0.2) is 48.6 Å².